The Morgan fingerprint density at radius 1 is 1.35 bits per heavy atom. The van der Waals surface area contributed by atoms with Gasteiger partial charge in [-0.15, -0.1) is 0 Å². The largest absolute Gasteiger partial charge is 0.381 e. The van der Waals surface area contributed by atoms with Crippen LogP contribution in [0, 0.1) is 11.7 Å². The predicted octanol–water partition coefficient (Wildman–Crippen LogP) is 1.16. The van der Waals surface area contributed by atoms with Crippen LogP contribution in [0.15, 0.2) is 12.4 Å². The zero-order valence-electron chi connectivity index (χ0n) is 12.0. The van der Waals surface area contributed by atoms with E-state index in [0.717, 1.165) is 32.6 Å². The van der Waals surface area contributed by atoms with Gasteiger partial charge in [0.1, 0.15) is 0 Å². The molecule has 0 N–H and O–H groups in total. The molecule has 3 rings (SSSR count). The molecule has 0 aliphatic carbocycles. The van der Waals surface area contributed by atoms with Gasteiger partial charge in [0.05, 0.1) is 24.5 Å². The van der Waals surface area contributed by atoms with Crippen molar-refractivity contribution in [3.05, 3.63) is 18.2 Å². The third-order valence-corrected chi connectivity index (χ3v) is 4.55. The van der Waals surface area contributed by atoms with Crippen molar-refractivity contribution in [1.82, 2.24) is 14.9 Å². The quantitative estimate of drug-likeness (QED) is 0.831. The van der Waals surface area contributed by atoms with Crippen LogP contribution < -0.4 is 4.90 Å². The molecule has 2 fully saturated rings. The minimum atomic E-state index is -0.390. The fourth-order valence-corrected chi connectivity index (χ4v) is 3.49. The van der Waals surface area contributed by atoms with E-state index in [1.54, 1.807) is 7.11 Å². The summed E-state index contributed by atoms with van der Waals surface area (Å²) in [6.45, 7) is 6.14. The number of aromatic nitrogens is 2. The zero-order valence-corrected chi connectivity index (χ0v) is 12.0. The Morgan fingerprint density at radius 3 is 2.75 bits per heavy atom. The van der Waals surface area contributed by atoms with Crippen molar-refractivity contribution in [2.24, 2.45) is 5.92 Å². The van der Waals surface area contributed by atoms with E-state index in [-0.39, 0.29) is 0 Å². The molecule has 6 heteroatoms. The summed E-state index contributed by atoms with van der Waals surface area (Å²) >= 11 is 0. The number of piperidine rings is 1. The zero-order chi connectivity index (χ0) is 14.1. The molecular weight excluding hydrogens is 259 g/mol. The van der Waals surface area contributed by atoms with Gasteiger partial charge in [-0.25, -0.2) is 14.4 Å². The first-order valence-corrected chi connectivity index (χ1v) is 7.22. The molecule has 2 aliphatic heterocycles. The number of methoxy groups -OCH3 is 1. The van der Waals surface area contributed by atoms with E-state index in [1.807, 2.05) is 0 Å². The van der Waals surface area contributed by atoms with Gasteiger partial charge < -0.3 is 14.5 Å². The van der Waals surface area contributed by atoms with Crippen LogP contribution in [-0.4, -0.2) is 60.3 Å². The average Bonchev–Trinajstić information content (AvgIpc) is 2.91. The summed E-state index contributed by atoms with van der Waals surface area (Å²) in [6.07, 6.45) is 3.75. The Kier molecular flexibility index (Phi) is 3.85. The highest BCUT2D eigenvalue weighted by atomic mass is 19.1. The summed E-state index contributed by atoms with van der Waals surface area (Å²) < 4.78 is 18.6. The molecule has 2 aliphatic rings. The molecule has 0 bridgehead atoms. The molecule has 0 spiro atoms. The lowest BCUT2D eigenvalue weighted by molar-refractivity contribution is 0.0317. The van der Waals surface area contributed by atoms with E-state index in [1.165, 1.54) is 12.4 Å². The van der Waals surface area contributed by atoms with Gasteiger partial charge in [0.15, 0.2) is 5.82 Å². The molecule has 0 saturated carbocycles. The van der Waals surface area contributed by atoms with Crippen LogP contribution in [0.4, 0.5) is 10.3 Å². The molecule has 5 nitrogen and oxygen atoms in total. The molecule has 3 heterocycles. The van der Waals surface area contributed by atoms with Crippen molar-refractivity contribution in [2.45, 2.75) is 25.5 Å². The Hall–Kier alpha value is -1.27. The first-order chi connectivity index (χ1) is 9.72. The fourth-order valence-electron chi connectivity index (χ4n) is 3.49. The van der Waals surface area contributed by atoms with Gasteiger partial charge in [-0.05, 0) is 13.0 Å². The lowest BCUT2D eigenvalue weighted by Crippen LogP contribution is -2.52. The Balaban J connectivity index is 1.84. The second-order valence-electron chi connectivity index (χ2n) is 5.54. The first-order valence-electron chi connectivity index (χ1n) is 7.22. The van der Waals surface area contributed by atoms with Gasteiger partial charge in [0.25, 0.3) is 0 Å². The predicted molar refractivity (Wildman–Crippen MR) is 74.1 cm³/mol. The number of nitrogens with zero attached hydrogens (tertiary/aromatic N) is 4. The summed E-state index contributed by atoms with van der Waals surface area (Å²) in [5.74, 6) is 0.718. The van der Waals surface area contributed by atoms with Crippen LogP contribution in [-0.2, 0) is 4.74 Å². The summed E-state index contributed by atoms with van der Waals surface area (Å²) in [7, 11) is 1.79. The Morgan fingerprint density at radius 2 is 2.10 bits per heavy atom. The molecule has 3 atom stereocenters. The second-order valence-corrected chi connectivity index (χ2v) is 5.54. The number of rotatable bonds is 3. The second kappa shape index (κ2) is 5.61. The highest BCUT2D eigenvalue weighted by molar-refractivity contribution is 5.34. The molecule has 0 amide bonds. The van der Waals surface area contributed by atoms with E-state index in [2.05, 4.69) is 26.7 Å². The Bertz CT molecular complexity index is 455. The van der Waals surface area contributed by atoms with Crippen LogP contribution in [0.5, 0.6) is 0 Å². The van der Waals surface area contributed by atoms with E-state index in [0.29, 0.717) is 24.0 Å². The molecule has 20 heavy (non-hydrogen) atoms. The van der Waals surface area contributed by atoms with E-state index in [4.69, 9.17) is 4.74 Å². The average molecular weight is 280 g/mol. The van der Waals surface area contributed by atoms with Gasteiger partial charge in [-0.2, -0.15) is 0 Å². The number of halogens is 1. The lowest BCUT2D eigenvalue weighted by Gasteiger charge is -2.41. The smallest absolute Gasteiger partial charge is 0.225 e. The van der Waals surface area contributed by atoms with E-state index in [9.17, 15) is 4.39 Å². The molecule has 0 unspecified atom stereocenters. The summed E-state index contributed by atoms with van der Waals surface area (Å²) in [5.41, 5.74) is 0. The van der Waals surface area contributed by atoms with Crippen LogP contribution in [0.25, 0.3) is 0 Å². The summed E-state index contributed by atoms with van der Waals surface area (Å²) in [6, 6.07) is 0.360. The maximum Gasteiger partial charge on any atom is 0.225 e. The van der Waals surface area contributed by atoms with Crippen molar-refractivity contribution >= 4 is 5.95 Å². The number of fused-ring (bicyclic) bond motifs is 1. The van der Waals surface area contributed by atoms with E-state index < -0.39 is 5.82 Å². The highest BCUT2D eigenvalue weighted by Crippen LogP contribution is 2.33. The number of likely N-dealkylation sites (N-methyl/N-ethyl adjacent to an activating group) is 1. The summed E-state index contributed by atoms with van der Waals surface area (Å²) in [5, 5.41) is 0. The van der Waals surface area contributed by atoms with Crippen molar-refractivity contribution in [3.8, 4) is 0 Å². The maximum atomic E-state index is 13.0. The Labute approximate surface area is 118 Å². The number of anilines is 1. The van der Waals surface area contributed by atoms with Crippen molar-refractivity contribution < 1.29 is 9.13 Å². The van der Waals surface area contributed by atoms with Crippen molar-refractivity contribution in [1.29, 1.82) is 0 Å². The topological polar surface area (TPSA) is 41.5 Å². The van der Waals surface area contributed by atoms with Crippen LogP contribution >= 0.6 is 0 Å². The van der Waals surface area contributed by atoms with Gasteiger partial charge in [0.2, 0.25) is 5.95 Å². The minimum absolute atomic E-state index is 0.299. The standard InChI is InChI=1S/C14H21FN4O/c1-3-18-8-11-12(9-18)19(5-4-13(11)20-2)14-16-6-10(15)7-17-14/h6-7,11-13H,3-5,8-9H2,1-2H3/t11-,12+,13+/m0/s1. The van der Waals surface area contributed by atoms with Crippen molar-refractivity contribution in [2.75, 3.05) is 38.2 Å². The van der Waals surface area contributed by atoms with E-state index >= 15 is 0 Å². The molecule has 110 valence electrons. The van der Waals surface area contributed by atoms with Gasteiger partial charge in [-0.1, -0.05) is 6.92 Å². The maximum absolute atomic E-state index is 13.0. The monoisotopic (exact) mass is 280 g/mol. The SMILES string of the molecule is CCN1C[C@H]2[C@@H](C1)N(c1ncc(F)cn1)CC[C@H]2OC. The third kappa shape index (κ3) is 2.38. The number of hydrogen-bond acceptors (Lipinski definition) is 5. The number of hydrogen-bond donors (Lipinski definition) is 0. The highest BCUT2D eigenvalue weighted by Gasteiger charge is 2.44. The van der Waals surface area contributed by atoms with Crippen LogP contribution in [0.2, 0.25) is 0 Å². The molecule has 1 aromatic heterocycles. The van der Waals surface area contributed by atoms with Crippen molar-refractivity contribution in [3.63, 3.8) is 0 Å². The normalized spacial score (nSPS) is 30.6. The first kappa shape index (κ1) is 13.7. The van der Waals surface area contributed by atoms with Gasteiger partial charge in [-0.3, -0.25) is 0 Å². The lowest BCUT2D eigenvalue weighted by atomic mass is 9.89. The number of likely N-dealkylation sites (tertiary alicyclic amines) is 1. The molecule has 0 radical (unpaired) electrons. The van der Waals surface area contributed by atoms with Gasteiger partial charge in [0, 0.05) is 32.7 Å². The van der Waals surface area contributed by atoms with Crippen LogP contribution in [0.1, 0.15) is 13.3 Å². The minimum Gasteiger partial charge on any atom is -0.381 e. The van der Waals surface area contributed by atoms with Crippen LogP contribution in [0.3, 0.4) is 0 Å². The van der Waals surface area contributed by atoms with Gasteiger partial charge >= 0.3 is 0 Å². The fraction of sp³-hybridized carbons (Fsp3) is 0.714. The number of ether oxygens (including phenoxy) is 1. The molecule has 1 aromatic rings. The third-order valence-electron chi connectivity index (χ3n) is 4.55. The summed E-state index contributed by atoms with van der Waals surface area (Å²) in [4.78, 5) is 12.9. The molecule has 0 aromatic carbocycles. The molecule has 2 saturated heterocycles. The molecular formula is C14H21FN4O.